The van der Waals surface area contributed by atoms with Crippen molar-refractivity contribution in [3.8, 4) is 0 Å². The molecule has 1 amide bonds. The van der Waals surface area contributed by atoms with Crippen molar-refractivity contribution in [2.45, 2.75) is 4.90 Å². The fourth-order valence-electron chi connectivity index (χ4n) is 2.45. The highest BCUT2D eigenvalue weighted by molar-refractivity contribution is 7.89. The number of nitrogen functional groups attached to an aromatic ring is 1. The molecule has 1 aromatic carbocycles. The SMILES string of the molecule is Cn1cc(S(N)(=O)=O)c2cc(NC(=O)c3ccnc(N)c3)ccc21. The Bertz CT molecular complexity index is 1060. The van der Waals surface area contributed by atoms with Crippen LogP contribution in [-0.4, -0.2) is 23.9 Å². The molecule has 0 aliphatic heterocycles. The van der Waals surface area contributed by atoms with Crippen LogP contribution in [0.5, 0.6) is 0 Å². The number of rotatable bonds is 3. The lowest BCUT2D eigenvalue weighted by Crippen LogP contribution is -2.13. The maximum Gasteiger partial charge on any atom is 0.255 e. The Hall–Kier alpha value is -2.91. The smallest absolute Gasteiger partial charge is 0.255 e. The average Bonchev–Trinajstić information content (AvgIpc) is 2.84. The largest absolute Gasteiger partial charge is 0.384 e. The third-order valence-corrected chi connectivity index (χ3v) is 4.50. The van der Waals surface area contributed by atoms with Crippen LogP contribution in [0.2, 0.25) is 0 Å². The van der Waals surface area contributed by atoms with Gasteiger partial charge in [0, 0.05) is 41.6 Å². The van der Waals surface area contributed by atoms with E-state index >= 15 is 0 Å². The van der Waals surface area contributed by atoms with E-state index in [0.29, 0.717) is 22.2 Å². The molecule has 0 fully saturated rings. The van der Waals surface area contributed by atoms with Gasteiger partial charge < -0.3 is 15.6 Å². The number of aryl methyl sites for hydroxylation is 1. The van der Waals surface area contributed by atoms with Crippen molar-refractivity contribution < 1.29 is 13.2 Å². The lowest BCUT2D eigenvalue weighted by molar-refractivity contribution is 0.102. The Morgan fingerprint density at radius 1 is 1.25 bits per heavy atom. The van der Waals surface area contributed by atoms with Gasteiger partial charge in [-0.25, -0.2) is 18.5 Å². The fourth-order valence-corrected chi connectivity index (χ4v) is 3.23. The van der Waals surface area contributed by atoms with Crippen LogP contribution in [0.1, 0.15) is 10.4 Å². The van der Waals surface area contributed by atoms with Crippen molar-refractivity contribution in [1.82, 2.24) is 9.55 Å². The molecule has 0 unspecified atom stereocenters. The lowest BCUT2D eigenvalue weighted by atomic mass is 10.2. The zero-order chi connectivity index (χ0) is 17.5. The fraction of sp³-hybridized carbons (Fsp3) is 0.0667. The Morgan fingerprint density at radius 3 is 2.67 bits per heavy atom. The molecule has 0 bridgehead atoms. The Labute approximate surface area is 138 Å². The van der Waals surface area contributed by atoms with Crippen LogP contribution >= 0.6 is 0 Å². The van der Waals surface area contributed by atoms with E-state index in [1.165, 1.54) is 24.5 Å². The molecule has 9 heteroatoms. The first-order valence-electron chi connectivity index (χ1n) is 6.90. The number of amides is 1. The van der Waals surface area contributed by atoms with Gasteiger partial charge in [0.2, 0.25) is 10.0 Å². The number of hydrogen-bond acceptors (Lipinski definition) is 5. The first-order valence-corrected chi connectivity index (χ1v) is 8.45. The maximum absolute atomic E-state index is 12.2. The van der Waals surface area contributed by atoms with Gasteiger partial charge in [-0.3, -0.25) is 4.79 Å². The third-order valence-electron chi connectivity index (χ3n) is 3.56. The Balaban J connectivity index is 2.00. The second-order valence-electron chi connectivity index (χ2n) is 5.30. The third kappa shape index (κ3) is 2.94. The molecule has 0 atom stereocenters. The van der Waals surface area contributed by atoms with Gasteiger partial charge in [-0.15, -0.1) is 0 Å². The van der Waals surface area contributed by atoms with Gasteiger partial charge in [-0.1, -0.05) is 0 Å². The van der Waals surface area contributed by atoms with E-state index in [0.717, 1.165) is 0 Å². The molecule has 0 aliphatic carbocycles. The molecule has 0 saturated carbocycles. The van der Waals surface area contributed by atoms with Crippen LogP contribution in [0.4, 0.5) is 11.5 Å². The number of fused-ring (bicyclic) bond motifs is 1. The molecule has 0 aliphatic rings. The highest BCUT2D eigenvalue weighted by Crippen LogP contribution is 2.27. The number of pyridine rings is 1. The summed E-state index contributed by atoms with van der Waals surface area (Å²) >= 11 is 0. The normalized spacial score (nSPS) is 11.6. The quantitative estimate of drug-likeness (QED) is 0.652. The van der Waals surface area contributed by atoms with E-state index in [9.17, 15) is 13.2 Å². The van der Waals surface area contributed by atoms with Crippen molar-refractivity contribution in [3.63, 3.8) is 0 Å². The standard InChI is InChI=1S/C15H15N5O3S/c1-20-8-13(24(17,22)23)11-7-10(2-3-12(11)20)19-15(21)9-4-5-18-14(16)6-9/h2-8H,1H3,(H2,16,18)(H,19,21)(H2,17,22,23). The number of aromatic nitrogens is 2. The van der Waals surface area contributed by atoms with Gasteiger partial charge in [-0.05, 0) is 30.3 Å². The van der Waals surface area contributed by atoms with Gasteiger partial charge in [0.15, 0.2) is 0 Å². The second kappa shape index (κ2) is 5.62. The summed E-state index contributed by atoms with van der Waals surface area (Å²) in [7, 11) is -2.15. The van der Waals surface area contributed by atoms with Gasteiger partial charge in [0.1, 0.15) is 10.7 Å². The maximum atomic E-state index is 12.2. The average molecular weight is 345 g/mol. The minimum atomic E-state index is -3.87. The van der Waals surface area contributed by atoms with Crippen LogP contribution in [0.15, 0.2) is 47.6 Å². The molecule has 2 heterocycles. The number of nitrogens with one attached hydrogen (secondary N) is 1. The Kier molecular flexibility index (Phi) is 3.74. The van der Waals surface area contributed by atoms with E-state index in [1.807, 2.05) is 0 Å². The number of hydrogen-bond donors (Lipinski definition) is 3. The van der Waals surface area contributed by atoms with Crippen molar-refractivity contribution in [2.24, 2.45) is 12.2 Å². The van der Waals surface area contributed by atoms with Gasteiger partial charge in [-0.2, -0.15) is 0 Å². The van der Waals surface area contributed by atoms with E-state index in [4.69, 9.17) is 10.9 Å². The van der Waals surface area contributed by atoms with E-state index < -0.39 is 10.0 Å². The number of primary sulfonamides is 1. The van der Waals surface area contributed by atoms with Crippen LogP contribution in [0.25, 0.3) is 10.9 Å². The lowest BCUT2D eigenvalue weighted by Gasteiger charge is -2.07. The molecular formula is C15H15N5O3S. The van der Waals surface area contributed by atoms with Crippen molar-refractivity contribution in [2.75, 3.05) is 11.1 Å². The number of nitrogens with two attached hydrogens (primary N) is 2. The molecule has 5 N–H and O–H groups in total. The number of nitrogens with zero attached hydrogens (tertiary/aromatic N) is 2. The zero-order valence-corrected chi connectivity index (χ0v) is 13.5. The summed E-state index contributed by atoms with van der Waals surface area (Å²) in [6.07, 6.45) is 2.87. The number of carbonyl (C=O) groups excluding carboxylic acids is 1. The molecule has 0 radical (unpaired) electrons. The van der Waals surface area contributed by atoms with Crippen molar-refractivity contribution >= 4 is 38.3 Å². The zero-order valence-electron chi connectivity index (χ0n) is 12.7. The van der Waals surface area contributed by atoms with Crippen LogP contribution in [0, 0.1) is 0 Å². The summed E-state index contributed by atoms with van der Waals surface area (Å²) in [6.45, 7) is 0. The highest BCUT2D eigenvalue weighted by Gasteiger charge is 2.17. The first kappa shape index (κ1) is 16.0. The predicted octanol–water partition coefficient (Wildman–Crippen LogP) is 1.06. The van der Waals surface area contributed by atoms with Crippen molar-refractivity contribution in [1.29, 1.82) is 0 Å². The van der Waals surface area contributed by atoms with Gasteiger partial charge >= 0.3 is 0 Å². The summed E-state index contributed by atoms with van der Waals surface area (Å²) in [5.74, 6) is -0.144. The number of anilines is 2. The van der Waals surface area contributed by atoms with Gasteiger partial charge in [0.25, 0.3) is 5.91 Å². The van der Waals surface area contributed by atoms with E-state index in [1.54, 1.807) is 29.8 Å². The molecule has 124 valence electrons. The van der Waals surface area contributed by atoms with E-state index in [2.05, 4.69) is 10.3 Å². The van der Waals surface area contributed by atoms with Crippen molar-refractivity contribution in [3.05, 3.63) is 48.3 Å². The van der Waals surface area contributed by atoms with E-state index in [-0.39, 0.29) is 16.6 Å². The first-order chi connectivity index (χ1) is 11.3. The molecule has 3 rings (SSSR count). The van der Waals surface area contributed by atoms with Crippen LogP contribution in [-0.2, 0) is 17.1 Å². The van der Waals surface area contributed by atoms with Crippen LogP contribution in [0.3, 0.4) is 0 Å². The monoisotopic (exact) mass is 345 g/mol. The highest BCUT2D eigenvalue weighted by atomic mass is 32.2. The summed E-state index contributed by atoms with van der Waals surface area (Å²) in [5, 5.41) is 8.38. The summed E-state index contributed by atoms with van der Waals surface area (Å²) < 4.78 is 25.1. The number of benzene rings is 1. The minimum absolute atomic E-state index is 0.00394. The summed E-state index contributed by atoms with van der Waals surface area (Å²) in [6, 6.07) is 7.93. The summed E-state index contributed by atoms with van der Waals surface area (Å²) in [5.41, 5.74) is 7.04. The second-order valence-corrected chi connectivity index (χ2v) is 6.83. The van der Waals surface area contributed by atoms with Crippen LogP contribution < -0.4 is 16.2 Å². The summed E-state index contributed by atoms with van der Waals surface area (Å²) in [4.78, 5) is 16.1. The molecule has 0 saturated heterocycles. The molecule has 3 aromatic rings. The topological polar surface area (TPSA) is 133 Å². The number of carbonyl (C=O) groups is 1. The minimum Gasteiger partial charge on any atom is -0.384 e. The molecule has 2 aromatic heterocycles. The molecule has 8 nitrogen and oxygen atoms in total. The number of sulfonamides is 1. The molecule has 24 heavy (non-hydrogen) atoms. The molecular weight excluding hydrogens is 330 g/mol. The molecule has 0 spiro atoms. The van der Waals surface area contributed by atoms with Gasteiger partial charge in [0.05, 0.1) is 0 Å². The Morgan fingerprint density at radius 2 is 2.00 bits per heavy atom. The predicted molar refractivity (Wildman–Crippen MR) is 90.9 cm³/mol.